The van der Waals surface area contributed by atoms with Gasteiger partial charge in [0.05, 0.1) is 18.0 Å². The van der Waals surface area contributed by atoms with Gasteiger partial charge in [-0.3, -0.25) is 0 Å². The monoisotopic (exact) mass is 371 g/mol. The van der Waals surface area contributed by atoms with Crippen molar-refractivity contribution in [2.24, 2.45) is 0 Å². The van der Waals surface area contributed by atoms with Crippen molar-refractivity contribution in [3.63, 3.8) is 0 Å². The molecule has 2 aromatic heterocycles. The standard InChI is InChI=1S/C18H14FN5O.ClH/c19-12-7-5-11(6-8-12)16(25)18-22-14-4-2-1-3-13(14)17(24-18)23-15-9-20-10-21-15;/h1-10,16,25H,(H,20,21)(H,22,23,24);1H. The molecule has 0 fully saturated rings. The van der Waals surface area contributed by atoms with E-state index < -0.39 is 6.10 Å². The zero-order chi connectivity index (χ0) is 17.2. The minimum atomic E-state index is -1.06. The molecule has 0 aliphatic carbocycles. The third-order valence-corrected chi connectivity index (χ3v) is 3.80. The lowest BCUT2D eigenvalue weighted by atomic mass is 10.1. The predicted molar refractivity (Wildman–Crippen MR) is 99.1 cm³/mol. The molecule has 0 spiro atoms. The molecule has 3 N–H and O–H groups in total. The Morgan fingerprint density at radius 2 is 1.81 bits per heavy atom. The van der Waals surface area contributed by atoms with Gasteiger partial charge in [0.15, 0.2) is 5.82 Å². The number of hydrogen-bond donors (Lipinski definition) is 3. The molecular weight excluding hydrogens is 357 g/mol. The number of fused-ring (bicyclic) bond motifs is 1. The van der Waals surface area contributed by atoms with Gasteiger partial charge >= 0.3 is 0 Å². The maximum Gasteiger partial charge on any atom is 0.164 e. The van der Waals surface area contributed by atoms with Gasteiger partial charge in [-0.15, -0.1) is 12.4 Å². The van der Waals surface area contributed by atoms with Crippen LogP contribution in [0, 0.1) is 5.82 Å². The Morgan fingerprint density at radius 3 is 2.54 bits per heavy atom. The number of H-pyrrole nitrogens is 1. The number of aliphatic hydroxyl groups excluding tert-OH is 1. The van der Waals surface area contributed by atoms with Crippen molar-refractivity contribution in [2.45, 2.75) is 6.10 Å². The Hall–Kier alpha value is -3.03. The first-order chi connectivity index (χ1) is 12.2. The highest BCUT2D eigenvalue weighted by molar-refractivity contribution is 5.90. The molecule has 0 aliphatic heterocycles. The summed E-state index contributed by atoms with van der Waals surface area (Å²) in [6, 6.07) is 13.1. The summed E-state index contributed by atoms with van der Waals surface area (Å²) in [5.74, 6) is 1.08. The van der Waals surface area contributed by atoms with Crippen LogP contribution < -0.4 is 5.32 Å². The lowest BCUT2D eigenvalue weighted by Crippen LogP contribution is -2.08. The van der Waals surface area contributed by atoms with Gasteiger partial charge in [0.2, 0.25) is 0 Å². The van der Waals surface area contributed by atoms with Crippen LogP contribution in [0.15, 0.2) is 61.1 Å². The van der Waals surface area contributed by atoms with Crippen LogP contribution in [-0.4, -0.2) is 25.0 Å². The summed E-state index contributed by atoms with van der Waals surface area (Å²) >= 11 is 0. The Labute approximate surface area is 154 Å². The van der Waals surface area contributed by atoms with E-state index in [1.54, 1.807) is 12.5 Å². The van der Waals surface area contributed by atoms with Gasteiger partial charge in [0, 0.05) is 5.39 Å². The van der Waals surface area contributed by atoms with E-state index in [0.717, 1.165) is 5.39 Å². The zero-order valence-electron chi connectivity index (χ0n) is 13.4. The molecule has 0 radical (unpaired) electrons. The van der Waals surface area contributed by atoms with Crippen LogP contribution in [-0.2, 0) is 0 Å². The van der Waals surface area contributed by atoms with Crippen LogP contribution in [0.3, 0.4) is 0 Å². The second-order valence-corrected chi connectivity index (χ2v) is 5.49. The van der Waals surface area contributed by atoms with Gasteiger partial charge in [-0.25, -0.2) is 19.3 Å². The molecule has 0 aliphatic rings. The van der Waals surface area contributed by atoms with E-state index in [1.807, 2.05) is 24.3 Å². The molecule has 0 bridgehead atoms. The van der Waals surface area contributed by atoms with Crippen LogP contribution in [0.4, 0.5) is 16.0 Å². The average Bonchev–Trinajstić information content (AvgIpc) is 3.15. The van der Waals surface area contributed by atoms with E-state index in [9.17, 15) is 9.50 Å². The number of halogens is 2. The zero-order valence-corrected chi connectivity index (χ0v) is 14.2. The summed E-state index contributed by atoms with van der Waals surface area (Å²) in [6.45, 7) is 0. The van der Waals surface area contributed by atoms with Crippen LogP contribution in [0.25, 0.3) is 10.9 Å². The normalized spacial score (nSPS) is 11.8. The number of aromatic amines is 1. The average molecular weight is 372 g/mol. The Morgan fingerprint density at radius 1 is 1.04 bits per heavy atom. The van der Waals surface area contributed by atoms with E-state index in [2.05, 4.69) is 25.3 Å². The maximum absolute atomic E-state index is 13.1. The van der Waals surface area contributed by atoms with Gasteiger partial charge < -0.3 is 15.4 Å². The smallest absolute Gasteiger partial charge is 0.164 e. The Balaban J connectivity index is 0.00000196. The van der Waals surface area contributed by atoms with Crippen molar-refractivity contribution in [2.75, 3.05) is 5.32 Å². The highest BCUT2D eigenvalue weighted by atomic mass is 35.5. The topological polar surface area (TPSA) is 86.7 Å². The van der Waals surface area contributed by atoms with Gasteiger partial charge in [0.25, 0.3) is 0 Å². The van der Waals surface area contributed by atoms with Crippen LogP contribution >= 0.6 is 12.4 Å². The quantitative estimate of drug-likeness (QED) is 0.508. The number of para-hydroxylation sites is 1. The first kappa shape index (κ1) is 17.8. The first-order valence-electron chi connectivity index (χ1n) is 7.66. The molecule has 1 atom stereocenters. The maximum atomic E-state index is 13.1. The Bertz CT molecular complexity index is 1010. The van der Waals surface area contributed by atoms with Crippen molar-refractivity contribution >= 4 is 34.9 Å². The molecule has 0 amide bonds. The van der Waals surface area contributed by atoms with Crippen LogP contribution in [0.5, 0.6) is 0 Å². The van der Waals surface area contributed by atoms with Crippen LogP contribution in [0.2, 0.25) is 0 Å². The van der Waals surface area contributed by atoms with Crippen molar-refractivity contribution in [1.29, 1.82) is 0 Å². The number of nitrogens with zero attached hydrogens (tertiary/aromatic N) is 3. The number of hydrogen-bond acceptors (Lipinski definition) is 5. The first-order valence-corrected chi connectivity index (χ1v) is 7.66. The molecule has 4 aromatic rings. The van der Waals surface area contributed by atoms with Gasteiger partial charge in [-0.05, 0) is 29.8 Å². The van der Waals surface area contributed by atoms with Crippen molar-refractivity contribution < 1.29 is 9.50 Å². The number of aromatic nitrogens is 4. The van der Waals surface area contributed by atoms with Gasteiger partial charge in [-0.1, -0.05) is 24.3 Å². The molecule has 0 saturated heterocycles. The summed E-state index contributed by atoms with van der Waals surface area (Å²) in [5.41, 5.74) is 1.21. The molecule has 1 unspecified atom stereocenters. The molecule has 132 valence electrons. The third-order valence-electron chi connectivity index (χ3n) is 3.80. The molecule has 2 heterocycles. The SMILES string of the molecule is Cl.OC(c1ccc(F)cc1)c1nc(Nc2cnc[nH]2)c2ccccc2n1. The molecule has 2 aromatic carbocycles. The van der Waals surface area contributed by atoms with E-state index in [-0.39, 0.29) is 24.0 Å². The molecule has 4 rings (SSSR count). The largest absolute Gasteiger partial charge is 0.380 e. The molecule has 6 nitrogen and oxygen atoms in total. The number of nitrogens with one attached hydrogen (secondary N) is 2. The summed E-state index contributed by atoms with van der Waals surface area (Å²) in [5, 5.41) is 14.6. The second-order valence-electron chi connectivity index (χ2n) is 5.49. The van der Waals surface area contributed by atoms with Gasteiger partial charge in [-0.2, -0.15) is 0 Å². The van der Waals surface area contributed by atoms with Crippen molar-refractivity contribution in [3.05, 3.63) is 78.3 Å². The van der Waals surface area contributed by atoms with E-state index >= 15 is 0 Å². The highest BCUT2D eigenvalue weighted by Crippen LogP contribution is 2.27. The number of aliphatic hydroxyl groups is 1. The minimum absolute atomic E-state index is 0. The number of imidazole rings is 1. The van der Waals surface area contributed by atoms with E-state index in [0.29, 0.717) is 22.7 Å². The predicted octanol–water partition coefficient (Wildman–Crippen LogP) is 3.74. The molecular formula is C18H15ClFN5O. The summed E-state index contributed by atoms with van der Waals surface area (Å²) in [6.07, 6.45) is 2.12. The fourth-order valence-corrected chi connectivity index (χ4v) is 2.56. The fourth-order valence-electron chi connectivity index (χ4n) is 2.56. The summed E-state index contributed by atoms with van der Waals surface area (Å²) < 4.78 is 13.1. The third kappa shape index (κ3) is 3.49. The highest BCUT2D eigenvalue weighted by Gasteiger charge is 2.17. The summed E-state index contributed by atoms with van der Waals surface area (Å²) in [7, 11) is 0. The van der Waals surface area contributed by atoms with Crippen molar-refractivity contribution in [1.82, 2.24) is 19.9 Å². The second kappa shape index (κ2) is 7.47. The summed E-state index contributed by atoms with van der Waals surface area (Å²) in [4.78, 5) is 15.8. The van der Waals surface area contributed by atoms with E-state index in [4.69, 9.17) is 0 Å². The number of anilines is 2. The van der Waals surface area contributed by atoms with Gasteiger partial charge in [0.1, 0.15) is 23.6 Å². The number of rotatable bonds is 4. The fraction of sp³-hybridized carbons (Fsp3) is 0.0556. The molecule has 8 heteroatoms. The Kier molecular flexibility index (Phi) is 5.11. The molecule has 0 saturated carbocycles. The van der Waals surface area contributed by atoms with Crippen LogP contribution in [0.1, 0.15) is 17.5 Å². The lowest BCUT2D eigenvalue weighted by molar-refractivity contribution is 0.210. The minimum Gasteiger partial charge on any atom is -0.380 e. The van der Waals surface area contributed by atoms with Crippen molar-refractivity contribution in [3.8, 4) is 0 Å². The lowest BCUT2D eigenvalue weighted by Gasteiger charge is -2.13. The van der Waals surface area contributed by atoms with E-state index in [1.165, 1.54) is 24.3 Å². The molecule has 26 heavy (non-hydrogen) atoms. The number of benzene rings is 2.